The molecule has 0 aliphatic rings. The Morgan fingerprint density at radius 2 is 1.71 bits per heavy atom. The monoisotopic (exact) mass is 521 g/mol. The first kappa shape index (κ1) is 28.7. The molecule has 2 amide bonds. The molecule has 9 heteroatoms. The van der Waals surface area contributed by atoms with Gasteiger partial charge in [-0.1, -0.05) is 62.7 Å². The van der Waals surface area contributed by atoms with Gasteiger partial charge in [-0.3, -0.25) is 13.9 Å². The third-order valence-corrected chi connectivity index (χ3v) is 7.15. The molecule has 0 radical (unpaired) electrons. The first-order valence-corrected chi connectivity index (χ1v) is 13.9. The van der Waals surface area contributed by atoms with Crippen LogP contribution in [0.5, 0.6) is 0 Å². The summed E-state index contributed by atoms with van der Waals surface area (Å²) in [5, 5.41) is 3.28. The number of nitrogens with one attached hydrogen (secondary N) is 1. The highest BCUT2D eigenvalue weighted by molar-refractivity contribution is 7.92. The molecule has 0 saturated carbocycles. The van der Waals surface area contributed by atoms with Crippen LogP contribution in [0.2, 0.25) is 5.02 Å². The summed E-state index contributed by atoms with van der Waals surface area (Å²) < 4.78 is 26.6. The van der Waals surface area contributed by atoms with Gasteiger partial charge in [-0.2, -0.15) is 0 Å². The smallest absolute Gasteiger partial charge is 0.244 e. The molecule has 0 aromatic heterocycles. The summed E-state index contributed by atoms with van der Waals surface area (Å²) in [6, 6.07) is 11.8. The van der Waals surface area contributed by atoms with Crippen molar-refractivity contribution < 1.29 is 18.0 Å². The number of hydrogen-bond acceptors (Lipinski definition) is 4. The lowest BCUT2D eigenvalue weighted by atomic mass is 10.1. The fourth-order valence-corrected chi connectivity index (χ4v) is 4.82. The molecule has 0 saturated heterocycles. The van der Waals surface area contributed by atoms with Gasteiger partial charge in [0.05, 0.1) is 11.9 Å². The Balaban J connectivity index is 2.48. The largest absolute Gasteiger partial charge is 0.354 e. The number of halogens is 1. The molecule has 1 N–H and O–H groups in total. The van der Waals surface area contributed by atoms with E-state index >= 15 is 0 Å². The number of carbonyl (C=O) groups excluding carboxylic acids is 2. The maximum atomic E-state index is 13.7. The highest BCUT2D eigenvalue weighted by Crippen LogP contribution is 2.27. The molecule has 192 valence electrons. The first-order chi connectivity index (χ1) is 16.3. The van der Waals surface area contributed by atoms with Crippen molar-refractivity contribution in [3.05, 3.63) is 64.2 Å². The zero-order chi connectivity index (χ0) is 26.3. The van der Waals surface area contributed by atoms with Crippen LogP contribution in [0.25, 0.3) is 0 Å². The quantitative estimate of drug-likeness (QED) is 0.477. The normalized spacial score (nSPS) is 12.3. The van der Waals surface area contributed by atoms with Gasteiger partial charge in [-0.25, -0.2) is 8.42 Å². The minimum absolute atomic E-state index is 0.186. The van der Waals surface area contributed by atoms with Gasteiger partial charge >= 0.3 is 0 Å². The van der Waals surface area contributed by atoms with E-state index in [9.17, 15) is 18.0 Å². The van der Waals surface area contributed by atoms with Gasteiger partial charge in [0.1, 0.15) is 12.6 Å². The molecule has 0 heterocycles. The van der Waals surface area contributed by atoms with Crippen molar-refractivity contribution >= 4 is 39.1 Å². The molecule has 0 bridgehead atoms. The Bertz CT molecular complexity index is 1150. The molecule has 35 heavy (non-hydrogen) atoms. The molecule has 0 fully saturated rings. The van der Waals surface area contributed by atoms with E-state index in [1.165, 1.54) is 11.0 Å². The number of amides is 2. The van der Waals surface area contributed by atoms with E-state index < -0.39 is 28.5 Å². The van der Waals surface area contributed by atoms with Crippen LogP contribution in [0.15, 0.2) is 42.5 Å². The van der Waals surface area contributed by atoms with E-state index in [2.05, 4.69) is 5.32 Å². The highest BCUT2D eigenvalue weighted by Gasteiger charge is 2.32. The number of sulfonamides is 1. The number of benzene rings is 2. The van der Waals surface area contributed by atoms with E-state index in [0.29, 0.717) is 29.2 Å². The summed E-state index contributed by atoms with van der Waals surface area (Å²) in [6.07, 6.45) is 1.44. The SMILES string of the molecule is CCC(C(=O)NCC(C)C)N(Cc1ccccc1C)C(=O)CN(c1cc(Cl)ccc1C)S(C)(=O)=O. The van der Waals surface area contributed by atoms with Crippen molar-refractivity contribution in [2.75, 3.05) is 23.7 Å². The predicted molar refractivity (Wildman–Crippen MR) is 142 cm³/mol. The Labute approximate surface area is 214 Å². The lowest BCUT2D eigenvalue weighted by Crippen LogP contribution is -2.52. The summed E-state index contributed by atoms with van der Waals surface area (Å²) in [7, 11) is -3.81. The zero-order valence-corrected chi connectivity index (χ0v) is 22.9. The Morgan fingerprint density at radius 1 is 1.06 bits per heavy atom. The second kappa shape index (κ2) is 12.4. The molecule has 1 unspecified atom stereocenters. The van der Waals surface area contributed by atoms with Crippen LogP contribution < -0.4 is 9.62 Å². The standard InChI is InChI=1S/C26H36ClN3O4S/c1-7-23(26(32)28-15-18(2)3)29(16-21-11-9-8-10-19(21)4)25(31)17-30(35(6,33)34)24-14-22(27)13-12-20(24)5/h8-14,18,23H,7,15-17H2,1-6H3,(H,28,32). The Morgan fingerprint density at radius 3 is 2.29 bits per heavy atom. The first-order valence-electron chi connectivity index (χ1n) is 11.7. The average Bonchev–Trinajstić information content (AvgIpc) is 2.78. The maximum Gasteiger partial charge on any atom is 0.244 e. The molecule has 0 aliphatic heterocycles. The number of nitrogens with zero attached hydrogens (tertiary/aromatic N) is 2. The number of aryl methyl sites for hydroxylation is 2. The fourth-order valence-electron chi connectivity index (χ4n) is 3.76. The van der Waals surface area contributed by atoms with Gasteiger partial charge in [-0.05, 0) is 55.0 Å². The third-order valence-electron chi connectivity index (χ3n) is 5.79. The fraction of sp³-hybridized carbons (Fsp3) is 0.462. The zero-order valence-electron chi connectivity index (χ0n) is 21.3. The average molecular weight is 522 g/mol. The van der Waals surface area contributed by atoms with Crippen LogP contribution in [0.1, 0.15) is 43.9 Å². The van der Waals surface area contributed by atoms with Gasteiger partial charge in [-0.15, -0.1) is 0 Å². The number of carbonyl (C=O) groups is 2. The molecule has 0 aliphatic carbocycles. The van der Waals surface area contributed by atoms with Crippen molar-refractivity contribution in [2.45, 2.75) is 53.6 Å². The molecule has 0 spiro atoms. The van der Waals surface area contributed by atoms with Crippen molar-refractivity contribution in [2.24, 2.45) is 5.92 Å². The molecule has 2 aromatic carbocycles. The van der Waals surface area contributed by atoms with E-state index in [0.717, 1.165) is 21.7 Å². The van der Waals surface area contributed by atoms with Crippen LogP contribution >= 0.6 is 11.6 Å². The number of rotatable bonds is 11. The van der Waals surface area contributed by atoms with E-state index in [1.807, 2.05) is 52.0 Å². The Hall–Kier alpha value is -2.58. The molecule has 2 rings (SSSR count). The lowest BCUT2D eigenvalue weighted by Gasteiger charge is -2.33. The molecule has 2 aromatic rings. The second-order valence-electron chi connectivity index (χ2n) is 9.21. The summed E-state index contributed by atoms with van der Waals surface area (Å²) >= 11 is 6.14. The number of hydrogen-bond donors (Lipinski definition) is 1. The van der Waals surface area contributed by atoms with Crippen LogP contribution in [-0.2, 0) is 26.2 Å². The molecular formula is C26H36ClN3O4S. The predicted octanol–water partition coefficient (Wildman–Crippen LogP) is 4.30. The lowest BCUT2D eigenvalue weighted by molar-refractivity contribution is -0.140. The van der Waals surface area contributed by atoms with Crippen LogP contribution in [0.4, 0.5) is 5.69 Å². The van der Waals surface area contributed by atoms with Crippen molar-refractivity contribution in [3.8, 4) is 0 Å². The summed E-state index contributed by atoms with van der Waals surface area (Å²) in [5.41, 5.74) is 2.87. The van der Waals surface area contributed by atoms with Crippen LogP contribution in [0, 0.1) is 19.8 Å². The second-order valence-corrected chi connectivity index (χ2v) is 11.6. The van der Waals surface area contributed by atoms with Gasteiger partial charge in [0.15, 0.2) is 0 Å². The summed E-state index contributed by atoms with van der Waals surface area (Å²) in [4.78, 5) is 28.3. The minimum Gasteiger partial charge on any atom is -0.354 e. The minimum atomic E-state index is -3.81. The molecule has 1 atom stereocenters. The summed E-state index contributed by atoms with van der Waals surface area (Å²) in [5.74, 6) is -0.471. The highest BCUT2D eigenvalue weighted by atomic mass is 35.5. The van der Waals surface area contributed by atoms with Gasteiger partial charge in [0.25, 0.3) is 0 Å². The Kier molecular flexibility index (Phi) is 10.2. The topological polar surface area (TPSA) is 86.8 Å². The number of anilines is 1. The van der Waals surface area contributed by atoms with E-state index in [1.54, 1.807) is 19.1 Å². The molecular weight excluding hydrogens is 486 g/mol. The van der Waals surface area contributed by atoms with E-state index in [4.69, 9.17) is 11.6 Å². The maximum absolute atomic E-state index is 13.7. The van der Waals surface area contributed by atoms with Crippen LogP contribution in [-0.4, -0.2) is 50.5 Å². The van der Waals surface area contributed by atoms with Gasteiger partial charge in [0.2, 0.25) is 21.8 Å². The summed E-state index contributed by atoms with van der Waals surface area (Å²) in [6.45, 7) is 9.75. The van der Waals surface area contributed by atoms with Crippen molar-refractivity contribution in [1.82, 2.24) is 10.2 Å². The van der Waals surface area contributed by atoms with Crippen LogP contribution in [0.3, 0.4) is 0 Å². The van der Waals surface area contributed by atoms with Crippen molar-refractivity contribution in [1.29, 1.82) is 0 Å². The van der Waals surface area contributed by atoms with E-state index in [-0.39, 0.29) is 18.4 Å². The third kappa shape index (κ3) is 7.97. The van der Waals surface area contributed by atoms with Gasteiger partial charge in [0, 0.05) is 18.1 Å². The van der Waals surface area contributed by atoms with Gasteiger partial charge < -0.3 is 10.2 Å². The molecule has 7 nitrogen and oxygen atoms in total. The van der Waals surface area contributed by atoms with Crippen molar-refractivity contribution in [3.63, 3.8) is 0 Å².